The van der Waals surface area contributed by atoms with Crippen molar-refractivity contribution in [2.24, 2.45) is 0 Å². The summed E-state index contributed by atoms with van der Waals surface area (Å²) >= 11 is 3.44. The highest BCUT2D eigenvalue weighted by molar-refractivity contribution is 9.10. The summed E-state index contributed by atoms with van der Waals surface area (Å²) in [6.07, 6.45) is 0.476. The highest BCUT2D eigenvalue weighted by Gasteiger charge is 2.34. The fourth-order valence-electron chi connectivity index (χ4n) is 2.35. The van der Waals surface area contributed by atoms with Crippen LogP contribution in [0.15, 0.2) is 28.7 Å². The maximum absolute atomic E-state index is 12.5. The van der Waals surface area contributed by atoms with Gasteiger partial charge in [-0.3, -0.25) is 9.69 Å². The molecule has 0 aromatic heterocycles. The molecule has 1 aliphatic heterocycles. The fraction of sp³-hybridized carbons (Fsp3) is 0.533. The Morgan fingerprint density at radius 1 is 1.37 bits per heavy atom. The Morgan fingerprint density at radius 3 is 2.68 bits per heavy atom. The molecule has 19 heavy (non-hydrogen) atoms. The zero-order valence-electron chi connectivity index (χ0n) is 11.5. The van der Waals surface area contributed by atoms with Crippen LogP contribution in [0.5, 0.6) is 0 Å². The van der Waals surface area contributed by atoms with E-state index in [0.29, 0.717) is 19.6 Å². The van der Waals surface area contributed by atoms with Crippen LogP contribution in [0, 0.1) is 0 Å². The largest absolute Gasteiger partial charge is 0.379 e. The molecule has 1 aliphatic rings. The zero-order chi connectivity index (χ0) is 13.9. The molecule has 1 saturated heterocycles. The van der Waals surface area contributed by atoms with Crippen molar-refractivity contribution in [3.05, 3.63) is 34.3 Å². The molecule has 1 heterocycles. The Bertz CT molecular complexity index is 453. The van der Waals surface area contributed by atoms with Crippen LogP contribution < -0.4 is 0 Å². The van der Waals surface area contributed by atoms with E-state index in [-0.39, 0.29) is 5.78 Å². The molecule has 0 N–H and O–H groups in total. The molecule has 2 rings (SSSR count). The maximum atomic E-state index is 12.5. The molecule has 1 aromatic carbocycles. The number of carbonyl (C=O) groups is 1. The summed E-state index contributed by atoms with van der Waals surface area (Å²) in [5.41, 5.74) is 0.632. The molecule has 4 heteroatoms. The fourth-order valence-corrected chi connectivity index (χ4v) is 2.79. The molecular formula is C15H20BrNO2. The van der Waals surface area contributed by atoms with Crippen LogP contribution in [0.25, 0.3) is 0 Å². The van der Waals surface area contributed by atoms with Gasteiger partial charge in [-0.1, -0.05) is 28.1 Å². The summed E-state index contributed by atoms with van der Waals surface area (Å²) in [4.78, 5) is 14.8. The molecule has 0 amide bonds. The van der Waals surface area contributed by atoms with Crippen LogP contribution in [-0.4, -0.2) is 42.5 Å². The monoisotopic (exact) mass is 325 g/mol. The lowest BCUT2D eigenvalue weighted by atomic mass is 9.91. The topological polar surface area (TPSA) is 29.5 Å². The number of nitrogens with zero attached hydrogens (tertiary/aromatic N) is 1. The summed E-state index contributed by atoms with van der Waals surface area (Å²) in [5.74, 6) is 0.257. The third-order valence-electron chi connectivity index (χ3n) is 3.74. The Morgan fingerprint density at radius 2 is 2.05 bits per heavy atom. The second-order valence-corrected chi connectivity index (χ2v) is 6.30. The van der Waals surface area contributed by atoms with E-state index >= 15 is 0 Å². The number of ether oxygens (including phenoxy) is 1. The normalized spacial score (nSPS) is 17.4. The molecule has 0 unspecified atom stereocenters. The van der Waals surface area contributed by atoms with Crippen molar-refractivity contribution in [2.75, 3.05) is 26.3 Å². The van der Waals surface area contributed by atoms with Gasteiger partial charge in [-0.15, -0.1) is 0 Å². The Kier molecular flexibility index (Phi) is 4.76. The first kappa shape index (κ1) is 14.7. The van der Waals surface area contributed by atoms with Crippen molar-refractivity contribution < 1.29 is 9.53 Å². The first-order chi connectivity index (χ1) is 9.00. The average Bonchev–Trinajstić information content (AvgIpc) is 2.39. The minimum absolute atomic E-state index is 0.257. The Balaban J connectivity index is 2.05. The predicted molar refractivity (Wildman–Crippen MR) is 79.3 cm³/mol. The van der Waals surface area contributed by atoms with E-state index in [1.165, 1.54) is 0 Å². The SMILES string of the molecule is CC(C)(C(=O)Cc1cccc(Br)c1)N1CCOCC1. The van der Waals surface area contributed by atoms with E-state index < -0.39 is 5.54 Å². The van der Waals surface area contributed by atoms with E-state index in [1.54, 1.807) is 0 Å². The van der Waals surface area contributed by atoms with Crippen molar-refractivity contribution in [1.29, 1.82) is 0 Å². The van der Waals surface area contributed by atoms with Gasteiger partial charge in [0.15, 0.2) is 5.78 Å². The van der Waals surface area contributed by atoms with Gasteiger partial charge >= 0.3 is 0 Å². The molecule has 104 valence electrons. The van der Waals surface area contributed by atoms with E-state index in [2.05, 4.69) is 20.8 Å². The third kappa shape index (κ3) is 3.65. The van der Waals surface area contributed by atoms with Crippen molar-refractivity contribution in [2.45, 2.75) is 25.8 Å². The minimum Gasteiger partial charge on any atom is -0.379 e. The van der Waals surface area contributed by atoms with Gasteiger partial charge in [-0.2, -0.15) is 0 Å². The van der Waals surface area contributed by atoms with E-state index in [4.69, 9.17) is 4.74 Å². The molecule has 0 bridgehead atoms. The molecule has 0 radical (unpaired) electrons. The van der Waals surface area contributed by atoms with Crippen molar-refractivity contribution in [3.8, 4) is 0 Å². The number of rotatable bonds is 4. The third-order valence-corrected chi connectivity index (χ3v) is 4.23. The lowest BCUT2D eigenvalue weighted by molar-refractivity contribution is -0.131. The molecular weight excluding hydrogens is 306 g/mol. The van der Waals surface area contributed by atoms with Crippen LogP contribution in [0.4, 0.5) is 0 Å². The maximum Gasteiger partial charge on any atom is 0.156 e. The van der Waals surface area contributed by atoms with Gasteiger partial charge in [0.05, 0.1) is 18.8 Å². The number of halogens is 1. The molecule has 1 fully saturated rings. The molecule has 0 atom stereocenters. The predicted octanol–water partition coefficient (Wildman–Crippen LogP) is 2.67. The van der Waals surface area contributed by atoms with Gasteiger partial charge in [-0.25, -0.2) is 0 Å². The number of hydrogen-bond donors (Lipinski definition) is 0. The number of morpholine rings is 1. The van der Waals surface area contributed by atoms with E-state index in [9.17, 15) is 4.79 Å². The lowest BCUT2D eigenvalue weighted by Gasteiger charge is -2.39. The number of ketones is 1. The van der Waals surface area contributed by atoms with Gasteiger partial charge in [0.2, 0.25) is 0 Å². The van der Waals surface area contributed by atoms with Gasteiger partial charge in [-0.05, 0) is 31.5 Å². The van der Waals surface area contributed by atoms with Crippen LogP contribution in [0.3, 0.4) is 0 Å². The van der Waals surface area contributed by atoms with Gasteiger partial charge in [0.1, 0.15) is 0 Å². The Hall–Kier alpha value is -0.710. The molecule has 0 saturated carbocycles. The number of benzene rings is 1. The second-order valence-electron chi connectivity index (χ2n) is 5.39. The molecule has 3 nitrogen and oxygen atoms in total. The van der Waals surface area contributed by atoms with E-state index in [1.807, 2.05) is 38.1 Å². The molecule has 0 aliphatic carbocycles. The first-order valence-corrected chi connectivity index (χ1v) is 7.40. The van der Waals surface area contributed by atoms with Crippen LogP contribution in [0.2, 0.25) is 0 Å². The summed E-state index contributed by atoms with van der Waals surface area (Å²) in [7, 11) is 0. The summed E-state index contributed by atoms with van der Waals surface area (Å²) in [6, 6.07) is 7.95. The number of hydrogen-bond acceptors (Lipinski definition) is 3. The van der Waals surface area contributed by atoms with Gasteiger partial charge in [0, 0.05) is 24.0 Å². The van der Waals surface area contributed by atoms with Gasteiger partial charge in [0.25, 0.3) is 0 Å². The van der Waals surface area contributed by atoms with Crippen molar-refractivity contribution in [1.82, 2.24) is 4.90 Å². The lowest BCUT2D eigenvalue weighted by Crippen LogP contribution is -2.54. The van der Waals surface area contributed by atoms with Crippen LogP contribution >= 0.6 is 15.9 Å². The highest BCUT2D eigenvalue weighted by Crippen LogP contribution is 2.21. The quantitative estimate of drug-likeness (QED) is 0.852. The van der Waals surface area contributed by atoms with E-state index in [0.717, 1.165) is 23.1 Å². The number of carbonyl (C=O) groups excluding carboxylic acids is 1. The van der Waals surface area contributed by atoms with Gasteiger partial charge < -0.3 is 4.74 Å². The second kappa shape index (κ2) is 6.16. The first-order valence-electron chi connectivity index (χ1n) is 6.60. The zero-order valence-corrected chi connectivity index (χ0v) is 13.1. The standard InChI is InChI=1S/C15H20BrNO2/c1-15(2,17-6-8-19-9-7-17)14(18)11-12-4-3-5-13(16)10-12/h3-5,10H,6-9,11H2,1-2H3. The highest BCUT2D eigenvalue weighted by atomic mass is 79.9. The summed E-state index contributed by atoms with van der Waals surface area (Å²) < 4.78 is 6.37. The minimum atomic E-state index is -0.425. The average molecular weight is 326 g/mol. The number of Topliss-reactive ketones (excluding diaryl/α,β-unsaturated/α-hetero) is 1. The van der Waals surface area contributed by atoms with Crippen LogP contribution in [0.1, 0.15) is 19.4 Å². The summed E-state index contributed by atoms with van der Waals surface area (Å²) in [6.45, 7) is 7.12. The molecule has 1 aromatic rings. The Labute approximate surface area is 123 Å². The van der Waals surface area contributed by atoms with Crippen molar-refractivity contribution in [3.63, 3.8) is 0 Å². The van der Waals surface area contributed by atoms with Crippen LogP contribution in [-0.2, 0) is 16.0 Å². The summed E-state index contributed by atoms with van der Waals surface area (Å²) in [5, 5.41) is 0. The molecule has 0 spiro atoms. The smallest absolute Gasteiger partial charge is 0.156 e. The van der Waals surface area contributed by atoms with Crippen molar-refractivity contribution >= 4 is 21.7 Å².